The molecule has 0 aliphatic heterocycles. The molecular weight excluding hydrogens is 154 g/mol. The van der Waals surface area contributed by atoms with Crippen LogP contribution in [0.5, 0.6) is 0 Å². The van der Waals surface area contributed by atoms with Crippen molar-refractivity contribution in [3.05, 3.63) is 30.3 Å². The van der Waals surface area contributed by atoms with Crippen molar-refractivity contribution in [2.75, 3.05) is 6.54 Å². The molecule has 2 N–H and O–H groups in total. The first-order chi connectivity index (χ1) is 5.33. The summed E-state index contributed by atoms with van der Waals surface area (Å²) in [4.78, 5) is 1.30. The van der Waals surface area contributed by atoms with Crippen molar-refractivity contribution in [1.82, 2.24) is 0 Å². The molecule has 0 aliphatic carbocycles. The Morgan fingerprint density at radius 3 is 2.55 bits per heavy atom. The van der Waals surface area contributed by atoms with E-state index in [1.54, 1.807) is 0 Å². The molecule has 0 radical (unpaired) electrons. The third kappa shape index (κ3) is 2.95. The van der Waals surface area contributed by atoms with Crippen LogP contribution < -0.4 is 5.73 Å². The van der Waals surface area contributed by atoms with Crippen LogP contribution in [-0.4, -0.2) is 11.8 Å². The van der Waals surface area contributed by atoms with E-state index in [2.05, 4.69) is 19.1 Å². The molecule has 0 aromatic heterocycles. The maximum absolute atomic E-state index is 5.50. The lowest BCUT2D eigenvalue weighted by Gasteiger charge is -2.06. The van der Waals surface area contributed by atoms with E-state index in [1.165, 1.54) is 4.90 Å². The standard InChI is InChI=1S/C9H13NS/c1-8(7-10)11-9-5-3-2-4-6-9/h2-6,8H,7,10H2,1H3. The van der Waals surface area contributed by atoms with E-state index < -0.39 is 0 Å². The van der Waals surface area contributed by atoms with Crippen LogP contribution in [0.4, 0.5) is 0 Å². The third-order valence-corrected chi connectivity index (χ3v) is 2.55. The fourth-order valence-corrected chi connectivity index (χ4v) is 1.65. The normalized spacial score (nSPS) is 12.9. The summed E-state index contributed by atoms with van der Waals surface area (Å²) in [6.45, 7) is 2.87. The van der Waals surface area contributed by atoms with E-state index >= 15 is 0 Å². The second kappa shape index (κ2) is 4.42. The minimum Gasteiger partial charge on any atom is -0.329 e. The predicted octanol–water partition coefficient (Wildman–Crippen LogP) is 2.13. The van der Waals surface area contributed by atoms with Crippen LogP contribution in [0.15, 0.2) is 35.2 Å². The van der Waals surface area contributed by atoms with Crippen molar-refractivity contribution in [3.8, 4) is 0 Å². The van der Waals surface area contributed by atoms with E-state index in [0.29, 0.717) is 5.25 Å². The largest absolute Gasteiger partial charge is 0.329 e. The molecule has 0 saturated heterocycles. The first-order valence-electron chi connectivity index (χ1n) is 3.74. The van der Waals surface area contributed by atoms with Gasteiger partial charge in [-0.2, -0.15) is 0 Å². The Hall–Kier alpha value is -0.470. The van der Waals surface area contributed by atoms with Gasteiger partial charge in [0.1, 0.15) is 0 Å². The minimum atomic E-state index is 0.511. The molecular formula is C9H13NS. The number of hydrogen-bond acceptors (Lipinski definition) is 2. The quantitative estimate of drug-likeness (QED) is 0.698. The molecule has 1 unspecified atom stereocenters. The van der Waals surface area contributed by atoms with Crippen molar-refractivity contribution >= 4 is 11.8 Å². The summed E-state index contributed by atoms with van der Waals surface area (Å²) in [5, 5.41) is 0.511. The van der Waals surface area contributed by atoms with Gasteiger partial charge in [0, 0.05) is 16.7 Å². The van der Waals surface area contributed by atoms with Crippen molar-refractivity contribution in [2.24, 2.45) is 5.73 Å². The van der Waals surface area contributed by atoms with Gasteiger partial charge in [-0.05, 0) is 12.1 Å². The van der Waals surface area contributed by atoms with Gasteiger partial charge in [-0.15, -0.1) is 11.8 Å². The molecule has 1 nitrogen and oxygen atoms in total. The minimum absolute atomic E-state index is 0.511. The summed E-state index contributed by atoms with van der Waals surface area (Å²) < 4.78 is 0. The number of thioether (sulfide) groups is 1. The van der Waals surface area contributed by atoms with Gasteiger partial charge in [0.2, 0.25) is 0 Å². The first kappa shape index (κ1) is 8.62. The Kier molecular flexibility index (Phi) is 3.46. The maximum atomic E-state index is 5.50. The third-order valence-electron chi connectivity index (χ3n) is 1.41. The lowest BCUT2D eigenvalue weighted by atomic mass is 10.4. The van der Waals surface area contributed by atoms with E-state index in [-0.39, 0.29) is 0 Å². The Balaban J connectivity index is 2.51. The second-order valence-corrected chi connectivity index (χ2v) is 3.99. The molecule has 1 aromatic carbocycles. The SMILES string of the molecule is CC(CN)Sc1ccccc1. The highest BCUT2D eigenvalue weighted by Crippen LogP contribution is 2.21. The summed E-state index contributed by atoms with van der Waals surface area (Å²) in [7, 11) is 0. The summed E-state index contributed by atoms with van der Waals surface area (Å²) in [6, 6.07) is 10.3. The summed E-state index contributed by atoms with van der Waals surface area (Å²) >= 11 is 1.82. The fourth-order valence-electron chi connectivity index (χ4n) is 0.779. The molecule has 1 rings (SSSR count). The fraction of sp³-hybridized carbons (Fsp3) is 0.333. The van der Waals surface area contributed by atoms with Crippen LogP contribution in [0.1, 0.15) is 6.92 Å². The Morgan fingerprint density at radius 2 is 2.00 bits per heavy atom. The van der Waals surface area contributed by atoms with E-state index in [4.69, 9.17) is 5.73 Å². The van der Waals surface area contributed by atoms with Crippen molar-refractivity contribution in [2.45, 2.75) is 17.1 Å². The van der Waals surface area contributed by atoms with E-state index in [1.807, 2.05) is 30.0 Å². The zero-order valence-corrected chi connectivity index (χ0v) is 7.47. The summed E-state index contributed by atoms with van der Waals surface area (Å²) in [5.74, 6) is 0. The first-order valence-corrected chi connectivity index (χ1v) is 4.62. The zero-order chi connectivity index (χ0) is 8.10. The van der Waals surface area contributed by atoms with Crippen molar-refractivity contribution < 1.29 is 0 Å². The molecule has 0 bridgehead atoms. The molecule has 11 heavy (non-hydrogen) atoms. The molecule has 1 atom stereocenters. The van der Waals surface area contributed by atoms with Gasteiger partial charge in [0.25, 0.3) is 0 Å². The molecule has 0 heterocycles. The van der Waals surface area contributed by atoms with Gasteiger partial charge in [-0.1, -0.05) is 25.1 Å². The molecule has 0 spiro atoms. The topological polar surface area (TPSA) is 26.0 Å². The molecule has 0 aliphatic rings. The Bertz CT molecular complexity index is 198. The van der Waals surface area contributed by atoms with E-state index in [9.17, 15) is 0 Å². The van der Waals surface area contributed by atoms with Crippen LogP contribution in [0.2, 0.25) is 0 Å². The second-order valence-electron chi connectivity index (χ2n) is 2.48. The molecule has 0 amide bonds. The lowest BCUT2D eigenvalue weighted by Crippen LogP contribution is -2.11. The molecule has 0 fully saturated rings. The van der Waals surface area contributed by atoms with Gasteiger partial charge in [0.05, 0.1) is 0 Å². The monoisotopic (exact) mass is 167 g/mol. The molecule has 60 valence electrons. The number of hydrogen-bond donors (Lipinski definition) is 1. The van der Waals surface area contributed by atoms with Gasteiger partial charge in [-0.3, -0.25) is 0 Å². The van der Waals surface area contributed by atoms with Crippen molar-refractivity contribution in [3.63, 3.8) is 0 Å². The molecule has 1 aromatic rings. The summed E-state index contributed by atoms with van der Waals surface area (Å²) in [5.41, 5.74) is 5.50. The zero-order valence-electron chi connectivity index (χ0n) is 6.66. The van der Waals surface area contributed by atoms with Gasteiger partial charge >= 0.3 is 0 Å². The lowest BCUT2D eigenvalue weighted by molar-refractivity contribution is 0.951. The van der Waals surface area contributed by atoms with Crippen LogP contribution in [0, 0.1) is 0 Å². The average molecular weight is 167 g/mol. The number of rotatable bonds is 3. The van der Waals surface area contributed by atoms with Crippen LogP contribution in [-0.2, 0) is 0 Å². The number of benzene rings is 1. The van der Waals surface area contributed by atoms with Gasteiger partial charge in [-0.25, -0.2) is 0 Å². The predicted molar refractivity (Wildman–Crippen MR) is 50.8 cm³/mol. The van der Waals surface area contributed by atoms with Crippen LogP contribution in [0.25, 0.3) is 0 Å². The van der Waals surface area contributed by atoms with Crippen LogP contribution in [0.3, 0.4) is 0 Å². The average Bonchev–Trinajstić information content (AvgIpc) is 2.06. The van der Waals surface area contributed by atoms with Gasteiger partial charge in [0.15, 0.2) is 0 Å². The molecule has 2 heteroatoms. The highest BCUT2D eigenvalue weighted by Gasteiger charge is 1.99. The highest BCUT2D eigenvalue weighted by molar-refractivity contribution is 8.00. The van der Waals surface area contributed by atoms with Crippen LogP contribution >= 0.6 is 11.8 Å². The smallest absolute Gasteiger partial charge is 0.0189 e. The summed E-state index contributed by atoms with van der Waals surface area (Å²) in [6.07, 6.45) is 0. The van der Waals surface area contributed by atoms with E-state index in [0.717, 1.165) is 6.54 Å². The Labute approximate surface area is 72.0 Å². The van der Waals surface area contributed by atoms with Crippen molar-refractivity contribution in [1.29, 1.82) is 0 Å². The molecule has 0 saturated carbocycles. The maximum Gasteiger partial charge on any atom is 0.0189 e. The Morgan fingerprint density at radius 1 is 1.36 bits per heavy atom. The van der Waals surface area contributed by atoms with Gasteiger partial charge < -0.3 is 5.73 Å². The number of nitrogens with two attached hydrogens (primary N) is 1. The highest BCUT2D eigenvalue weighted by atomic mass is 32.2.